The van der Waals surface area contributed by atoms with Crippen LogP contribution in [-0.2, 0) is 13.0 Å². The summed E-state index contributed by atoms with van der Waals surface area (Å²) in [5.74, 6) is 1.42. The van der Waals surface area contributed by atoms with Crippen molar-refractivity contribution in [1.29, 1.82) is 0 Å². The van der Waals surface area contributed by atoms with Gasteiger partial charge in [0.1, 0.15) is 18.1 Å². The lowest BCUT2D eigenvalue weighted by Gasteiger charge is -2.09. The molecule has 0 aliphatic carbocycles. The van der Waals surface area contributed by atoms with Crippen LogP contribution in [0.5, 0.6) is 11.5 Å². The number of hydrogen-bond acceptors (Lipinski definition) is 4. The largest absolute Gasteiger partial charge is 0.497 e. The van der Waals surface area contributed by atoms with Crippen LogP contribution in [0.4, 0.5) is 5.69 Å². The van der Waals surface area contributed by atoms with Gasteiger partial charge in [-0.05, 0) is 30.7 Å². The summed E-state index contributed by atoms with van der Waals surface area (Å²) in [6.45, 7) is 2.69. The van der Waals surface area contributed by atoms with E-state index in [2.05, 4.69) is 19.1 Å². The summed E-state index contributed by atoms with van der Waals surface area (Å²) in [7, 11) is 1.63. The summed E-state index contributed by atoms with van der Waals surface area (Å²) in [6.07, 6.45) is 1.06. The molecule has 2 N–H and O–H groups in total. The number of nitrogen functional groups attached to an aromatic ring is 1. The van der Waals surface area contributed by atoms with Gasteiger partial charge in [0, 0.05) is 15.8 Å². The minimum Gasteiger partial charge on any atom is -0.497 e. The molecule has 0 spiro atoms. The molecule has 1 aromatic carbocycles. The van der Waals surface area contributed by atoms with Gasteiger partial charge < -0.3 is 15.2 Å². The molecule has 0 amide bonds. The third-order valence-corrected chi connectivity index (χ3v) is 3.86. The van der Waals surface area contributed by atoms with E-state index in [0.29, 0.717) is 18.0 Å². The van der Waals surface area contributed by atoms with Gasteiger partial charge in [0.15, 0.2) is 0 Å². The molecule has 2 aromatic rings. The van der Waals surface area contributed by atoms with Gasteiger partial charge in [0.25, 0.3) is 0 Å². The number of benzene rings is 1. The summed E-state index contributed by atoms with van der Waals surface area (Å²) in [4.78, 5) is 2.57. The number of ether oxygens (including phenoxy) is 2. The predicted octanol–water partition coefficient (Wildman–Crippen LogP) is 3.48. The van der Waals surface area contributed by atoms with Crippen LogP contribution in [0.25, 0.3) is 0 Å². The molecule has 0 radical (unpaired) electrons. The second kappa shape index (κ2) is 5.78. The molecule has 96 valence electrons. The number of methoxy groups -OCH3 is 1. The summed E-state index contributed by atoms with van der Waals surface area (Å²) in [6, 6.07) is 9.66. The third kappa shape index (κ3) is 2.96. The van der Waals surface area contributed by atoms with E-state index in [1.165, 1.54) is 9.75 Å². The Kier molecular flexibility index (Phi) is 4.10. The van der Waals surface area contributed by atoms with E-state index in [-0.39, 0.29) is 0 Å². The fourth-order valence-corrected chi connectivity index (χ4v) is 2.48. The molecule has 1 aromatic heterocycles. The molecule has 4 heteroatoms. The zero-order valence-corrected chi connectivity index (χ0v) is 11.4. The topological polar surface area (TPSA) is 44.5 Å². The Balaban J connectivity index is 2.05. The lowest BCUT2D eigenvalue weighted by Crippen LogP contribution is -1.97. The highest BCUT2D eigenvalue weighted by atomic mass is 32.1. The Hall–Kier alpha value is -1.68. The van der Waals surface area contributed by atoms with Crippen LogP contribution in [0.15, 0.2) is 30.3 Å². The second-order valence-corrected chi connectivity index (χ2v) is 5.17. The Morgan fingerprint density at radius 3 is 2.61 bits per heavy atom. The van der Waals surface area contributed by atoms with Gasteiger partial charge in [-0.1, -0.05) is 6.92 Å². The van der Waals surface area contributed by atoms with Crippen LogP contribution in [0.2, 0.25) is 0 Å². The monoisotopic (exact) mass is 263 g/mol. The van der Waals surface area contributed by atoms with Crippen molar-refractivity contribution in [3.63, 3.8) is 0 Å². The van der Waals surface area contributed by atoms with Crippen molar-refractivity contribution in [2.75, 3.05) is 12.8 Å². The van der Waals surface area contributed by atoms with Crippen LogP contribution < -0.4 is 15.2 Å². The normalized spacial score (nSPS) is 10.3. The van der Waals surface area contributed by atoms with Crippen LogP contribution in [0.1, 0.15) is 16.7 Å². The third-order valence-electron chi connectivity index (χ3n) is 2.66. The first kappa shape index (κ1) is 12.8. The predicted molar refractivity (Wildman–Crippen MR) is 75.4 cm³/mol. The average Bonchev–Trinajstić information content (AvgIpc) is 2.86. The summed E-state index contributed by atoms with van der Waals surface area (Å²) >= 11 is 1.77. The van der Waals surface area contributed by atoms with E-state index >= 15 is 0 Å². The number of nitrogens with two attached hydrogens (primary N) is 1. The summed E-state index contributed by atoms with van der Waals surface area (Å²) < 4.78 is 10.9. The maximum absolute atomic E-state index is 5.86. The molecule has 0 bridgehead atoms. The Bertz CT molecular complexity index is 522. The van der Waals surface area contributed by atoms with Gasteiger partial charge in [-0.2, -0.15) is 0 Å². The van der Waals surface area contributed by atoms with Crippen molar-refractivity contribution in [3.05, 3.63) is 40.1 Å². The molecule has 0 saturated heterocycles. The Morgan fingerprint density at radius 1 is 1.17 bits per heavy atom. The molecule has 0 unspecified atom stereocenters. The summed E-state index contributed by atoms with van der Waals surface area (Å²) in [5, 5.41) is 0. The number of aryl methyl sites for hydroxylation is 1. The standard InChI is InChI=1S/C14H17NO2S/c1-3-11-5-6-12(18-11)9-17-14-8-10(16-2)4-7-13(14)15/h4-8H,3,9,15H2,1-2H3. The molecule has 0 aliphatic heterocycles. The zero-order chi connectivity index (χ0) is 13.0. The highest BCUT2D eigenvalue weighted by Crippen LogP contribution is 2.28. The molecule has 3 nitrogen and oxygen atoms in total. The maximum Gasteiger partial charge on any atom is 0.146 e. The van der Waals surface area contributed by atoms with E-state index in [4.69, 9.17) is 15.2 Å². The van der Waals surface area contributed by atoms with Gasteiger partial charge in [-0.25, -0.2) is 0 Å². The molecule has 18 heavy (non-hydrogen) atoms. The van der Waals surface area contributed by atoms with E-state index in [1.807, 2.05) is 12.1 Å². The van der Waals surface area contributed by atoms with Crippen LogP contribution >= 0.6 is 11.3 Å². The van der Waals surface area contributed by atoms with Crippen LogP contribution in [-0.4, -0.2) is 7.11 Å². The fourth-order valence-electron chi connectivity index (χ4n) is 1.61. The minimum absolute atomic E-state index is 0.544. The van der Waals surface area contributed by atoms with E-state index in [0.717, 1.165) is 12.2 Å². The lowest BCUT2D eigenvalue weighted by atomic mass is 10.3. The van der Waals surface area contributed by atoms with Gasteiger partial charge in [-0.15, -0.1) is 11.3 Å². The van der Waals surface area contributed by atoms with Crippen molar-refractivity contribution in [2.45, 2.75) is 20.0 Å². The van der Waals surface area contributed by atoms with Crippen molar-refractivity contribution in [1.82, 2.24) is 0 Å². The van der Waals surface area contributed by atoms with Crippen molar-refractivity contribution < 1.29 is 9.47 Å². The quantitative estimate of drug-likeness (QED) is 0.840. The highest BCUT2D eigenvalue weighted by Gasteiger charge is 2.04. The van der Waals surface area contributed by atoms with Gasteiger partial charge in [0.2, 0.25) is 0 Å². The number of thiophene rings is 1. The van der Waals surface area contributed by atoms with Crippen LogP contribution in [0.3, 0.4) is 0 Å². The zero-order valence-electron chi connectivity index (χ0n) is 10.6. The second-order valence-electron chi connectivity index (χ2n) is 3.91. The molecular formula is C14H17NO2S. The average molecular weight is 263 g/mol. The smallest absolute Gasteiger partial charge is 0.146 e. The minimum atomic E-state index is 0.544. The molecule has 0 atom stereocenters. The number of anilines is 1. The number of rotatable bonds is 5. The number of hydrogen-bond donors (Lipinski definition) is 1. The van der Waals surface area contributed by atoms with Crippen LogP contribution in [0, 0.1) is 0 Å². The van der Waals surface area contributed by atoms with Crippen molar-refractivity contribution >= 4 is 17.0 Å². The highest BCUT2D eigenvalue weighted by molar-refractivity contribution is 7.11. The van der Waals surface area contributed by atoms with Crippen molar-refractivity contribution in [2.24, 2.45) is 0 Å². The van der Waals surface area contributed by atoms with E-state index < -0.39 is 0 Å². The lowest BCUT2D eigenvalue weighted by molar-refractivity contribution is 0.309. The molecule has 1 heterocycles. The van der Waals surface area contributed by atoms with Gasteiger partial charge >= 0.3 is 0 Å². The van der Waals surface area contributed by atoms with Crippen molar-refractivity contribution in [3.8, 4) is 11.5 Å². The first-order valence-electron chi connectivity index (χ1n) is 5.87. The van der Waals surface area contributed by atoms with Gasteiger partial charge in [0.05, 0.1) is 12.8 Å². The first-order chi connectivity index (χ1) is 8.72. The van der Waals surface area contributed by atoms with E-state index in [9.17, 15) is 0 Å². The Labute approximate surface area is 111 Å². The molecular weight excluding hydrogens is 246 g/mol. The fraction of sp³-hybridized carbons (Fsp3) is 0.286. The molecule has 0 saturated carbocycles. The van der Waals surface area contributed by atoms with Gasteiger partial charge in [-0.3, -0.25) is 0 Å². The SMILES string of the molecule is CCc1ccc(COc2cc(OC)ccc2N)s1. The Morgan fingerprint density at radius 2 is 1.94 bits per heavy atom. The molecule has 2 rings (SSSR count). The molecule has 0 aliphatic rings. The molecule has 0 fully saturated rings. The summed E-state index contributed by atoms with van der Waals surface area (Å²) in [5.41, 5.74) is 6.49. The first-order valence-corrected chi connectivity index (χ1v) is 6.68. The van der Waals surface area contributed by atoms with E-state index in [1.54, 1.807) is 24.5 Å². The maximum atomic E-state index is 5.86.